The van der Waals surface area contributed by atoms with Gasteiger partial charge in [-0.2, -0.15) is 0 Å². The molecule has 6 nitrogen and oxygen atoms in total. The second-order valence-corrected chi connectivity index (χ2v) is 8.93. The second kappa shape index (κ2) is 9.49. The lowest BCUT2D eigenvalue weighted by atomic mass is 10.1. The highest BCUT2D eigenvalue weighted by Gasteiger charge is 2.35. The van der Waals surface area contributed by atoms with Gasteiger partial charge in [-0.25, -0.2) is 4.98 Å². The monoisotopic (exact) mass is 469 g/mol. The van der Waals surface area contributed by atoms with Gasteiger partial charge in [-0.05, 0) is 36.4 Å². The van der Waals surface area contributed by atoms with Gasteiger partial charge in [0.05, 0.1) is 18.7 Å². The van der Waals surface area contributed by atoms with Crippen molar-refractivity contribution in [2.75, 3.05) is 23.9 Å². The number of anilines is 2. The van der Waals surface area contributed by atoms with Gasteiger partial charge in [0.1, 0.15) is 10.8 Å². The SMILES string of the molecule is COc1ccc(N2CC(C(=O)Nc3ccc(-c4csc(-c5ccccc5)n4)cc3)CC2=O)cc1. The molecule has 1 aliphatic heterocycles. The van der Waals surface area contributed by atoms with Crippen LogP contribution in [0.15, 0.2) is 84.2 Å². The molecule has 3 aromatic carbocycles. The summed E-state index contributed by atoms with van der Waals surface area (Å²) < 4.78 is 5.17. The molecule has 1 saturated heterocycles. The number of amides is 2. The third-order valence-corrected chi connectivity index (χ3v) is 6.74. The van der Waals surface area contributed by atoms with Gasteiger partial charge in [-0.1, -0.05) is 42.5 Å². The van der Waals surface area contributed by atoms with Crippen molar-refractivity contribution in [1.29, 1.82) is 0 Å². The highest BCUT2D eigenvalue weighted by Crippen LogP contribution is 2.30. The molecule has 0 radical (unpaired) electrons. The summed E-state index contributed by atoms with van der Waals surface area (Å²) in [7, 11) is 1.60. The molecule has 5 rings (SSSR count). The lowest BCUT2D eigenvalue weighted by Gasteiger charge is -2.17. The quantitative estimate of drug-likeness (QED) is 0.406. The van der Waals surface area contributed by atoms with Crippen molar-refractivity contribution >= 4 is 34.5 Å². The van der Waals surface area contributed by atoms with Gasteiger partial charge in [0.2, 0.25) is 11.8 Å². The van der Waals surface area contributed by atoms with Crippen LogP contribution in [0.1, 0.15) is 6.42 Å². The summed E-state index contributed by atoms with van der Waals surface area (Å²) in [5.74, 6) is 0.110. The zero-order valence-corrected chi connectivity index (χ0v) is 19.4. The zero-order chi connectivity index (χ0) is 23.5. The van der Waals surface area contributed by atoms with E-state index >= 15 is 0 Å². The average molecular weight is 470 g/mol. The smallest absolute Gasteiger partial charge is 0.229 e. The Labute approximate surface area is 201 Å². The number of nitrogens with one attached hydrogen (secondary N) is 1. The first kappa shape index (κ1) is 21.9. The van der Waals surface area contributed by atoms with Crippen LogP contribution in [0.4, 0.5) is 11.4 Å². The maximum absolute atomic E-state index is 12.8. The lowest BCUT2D eigenvalue weighted by Crippen LogP contribution is -2.28. The van der Waals surface area contributed by atoms with Crippen molar-refractivity contribution in [1.82, 2.24) is 4.98 Å². The summed E-state index contributed by atoms with van der Waals surface area (Å²) in [6, 6.07) is 25.0. The van der Waals surface area contributed by atoms with E-state index in [0.29, 0.717) is 12.2 Å². The fourth-order valence-electron chi connectivity index (χ4n) is 3.98. The summed E-state index contributed by atoms with van der Waals surface area (Å²) in [5, 5.41) is 5.96. The molecule has 1 aliphatic rings. The molecule has 1 fully saturated rings. The van der Waals surface area contributed by atoms with Crippen LogP contribution in [-0.4, -0.2) is 30.5 Å². The molecular formula is C27H23N3O3S. The van der Waals surface area contributed by atoms with E-state index in [-0.39, 0.29) is 18.2 Å². The molecule has 4 aromatic rings. The van der Waals surface area contributed by atoms with Crippen LogP contribution in [0.2, 0.25) is 0 Å². The number of carbonyl (C=O) groups is 2. The number of methoxy groups -OCH3 is 1. The van der Waals surface area contributed by atoms with E-state index in [1.807, 2.05) is 84.2 Å². The molecule has 170 valence electrons. The third-order valence-electron chi connectivity index (χ3n) is 5.85. The summed E-state index contributed by atoms with van der Waals surface area (Å²) in [4.78, 5) is 31.7. The number of hydrogen-bond acceptors (Lipinski definition) is 5. The number of hydrogen-bond donors (Lipinski definition) is 1. The molecule has 1 atom stereocenters. The average Bonchev–Trinajstić information content (AvgIpc) is 3.53. The Morgan fingerprint density at radius 1 is 1.00 bits per heavy atom. The molecule has 2 heterocycles. The van der Waals surface area contributed by atoms with Gasteiger partial charge in [0.15, 0.2) is 0 Å². The fourth-order valence-corrected chi connectivity index (χ4v) is 4.82. The van der Waals surface area contributed by atoms with Crippen LogP contribution in [0.5, 0.6) is 5.75 Å². The number of ether oxygens (including phenoxy) is 1. The largest absolute Gasteiger partial charge is 0.497 e. The van der Waals surface area contributed by atoms with Crippen molar-refractivity contribution in [3.8, 4) is 27.6 Å². The second-order valence-electron chi connectivity index (χ2n) is 8.07. The van der Waals surface area contributed by atoms with Crippen molar-refractivity contribution in [3.05, 3.63) is 84.2 Å². The Balaban J connectivity index is 1.22. The minimum atomic E-state index is -0.402. The topological polar surface area (TPSA) is 71.5 Å². The number of rotatable bonds is 6. The highest BCUT2D eigenvalue weighted by molar-refractivity contribution is 7.13. The van der Waals surface area contributed by atoms with Gasteiger partial charge in [0.25, 0.3) is 0 Å². The van der Waals surface area contributed by atoms with Crippen LogP contribution in [-0.2, 0) is 9.59 Å². The first-order valence-corrected chi connectivity index (χ1v) is 11.9. The molecule has 1 N–H and O–H groups in total. The molecular weight excluding hydrogens is 446 g/mol. The number of carbonyl (C=O) groups excluding carboxylic acids is 2. The standard InChI is InChI=1S/C27H23N3O3S/c1-33-23-13-11-22(12-14-23)30-16-20(15-25(30)31)26(32)28-21-9-7-18(8-10-21)24-17-34-27(29-24)19-5-3-2-4-6-19/h2-14,17,20H,15-16H2,1H3,(H,28,32). The van der Waals surface area contributed by atoms with Crippen molar-refractivity contribution in [2.24, 2.45) is 5.92 Å². The molecule has 1 aromatic heterocycles. The van der Waals surface area contributed by atoms with Gasteiger partial charge in [0, 0.05) is 40.8 Å². The van der Waals surface area contributed by atoms with Crippen molar-refractivity contribution in [3.63, 3.8) is 0 Å². The van der Waals surface area contributed by atoms with E-state index in [4.69, 9.17) is 9.72 Å². The number of nitrogens with zero attached hydrogens (tertiary/aromatic N) is 2. The van der Waals surface area contributed by atoms with E-state index < -0.39 is 5.92 Å². The zero-order valence-electron chi connectivity index (χ0n) is 18.6. The van der Waals surface area contributed by atoms with Crippen LogP contribution < -0.4 is 15.0 Å². The van der Waals surface area contributed by atoms with Crippen LogP contribution in [0.25, 0.3) is 21.8 Å². The number of benzene rings is 3. The molecule has 34 heavy (non-hydrogen) atoms. The minimum Gasteiger partial charge on any atom is -0.497 e. The van der Waals surface area contributed by atoms with Crippen LogP contribution in [0.3, 0.4) is 0 Å². The van der Waals surface area contributed by atoms with E-state index in [2.05, 4.69) is 5.32 Å². The normalized spacial score (nSPS) is 15.4. The Bertz CT molecular complexity index is 1300. The fraction of sp³-hybridized carbons (Fsp3) is 0.148. The van der Waals surface area contributed by atoms with Gasteiger partial charge >= 0.3 is 0 Å². The summed E-state index contributed by atoms with van der Waals surface area (Å²) in [6.45, 7) is 0.357. The molecule has 0 bridgehead atoms. The Morgan fingerprint density at radius 3 is 2.44 bits per heavy atom. The highest BCUT2D eigenvalue weighted by atomic mass is 32.1. The third kappa shape index (κ3) is 4.56. The van der Waals surface area contributed by atoms with Crippen LogP contribution in [0, 0.1) is 5.92 Å². The minimum absolute atomic E-state index is 0.0570. The molecule has 0 aliphatic carbocycles. The predicted molar refractivity (Wildman–Crippen MR) is 135 cm³/mol. The van der Waals surface area contributed by atoms with E-state index in [1.54, 1.807) is 23.3 Å². The Morgan fingerprint density at radius 2 is 1.74 bits per heavy atom. The van der Waals surface area contributed by atoms with Crippen LogP contribution >= 0.6 is 11.3 Å². The molecule has 0 spiro atoms. The maximum atomic E-state index is 12.8. The van der Waals surface area contributed by atoms with E-state index in [9.17, 15) is 9.59 Å². The van der Waals surface area contributed by atoms with Crippen molar-refractivity contribution < 1.29 is 14.3 Å². The molecule has 0 saturated carbocycles. The van der Waals surface area contributed by atoms with Gasteiger partial charge in [-0.15, -0.1) is 11.3 Å². The molecule has 2 amide bonds. The first-order valence-electron chi connectivity index (χ1n) is 11.0. The van der Waals surface area contributed by atoms with Gasteiger partial charge < -0.3 is 15.0 Å². The number of thiazole rings is 1. The Hall–Kier alpha value is -3.97. The van der Waals surface area contributed by atoms with E-state index in [0.717, 1.165) is 33.3 Å². The molecule has 1 unspecified atom stereocenters. The van der Waals surface area contributed by atoms with E-state index in [1.165, 1.54) is 0 Å². The summed E-state index contributed by atoms with van der Waals surface area (Å²) in [6.07, 6.45) is 0.192. The summed E-state index contributed by atoms with van der Waals surface area (Å²) >= 11 is 1.61. The lowest BCUT2D eigenvalue weighted by molar-refractivity contribution is -0.122. The van der Waals surface area contributed by atoms with Crippen molar-refractivity contribution in [2.45, 2.75) is 6.42 Å². The number of aromatic nitrogens is 1. The molecule has 7 heteroatoms. The van der Waals surface area contributed by atoms with Gasteiger partial charge in [-0.3, -0.25) is 9.59 Å². The predicted octanol–water partition coefficient (Wildman–Crippen LogP) is 5.48. The first-order chi connectivity index (χ1) is 16.6. The Kier molecular flexibility index (Phi) is 6.10. The maximum Gasteiger partial charge on any atom is 0.229 e. The summed E-state index contributed by atoms with van der Waals surface area (Å²) in [5.41, 5.74) is 4.44.